The SMILES string of the molecule is CCn1c(SCC(=O)Nc2nnc(C3CCCCC3)s2)nnc1-c1cc(OC)c(OC)c(OC)c1. The van der Waals surface area contributed by atoms with Crippen LogP contribution in [0.1, 0.15) is 50.0 Å². The second-order valence-electron chi connectivity index (χ2n) is 8.08. The zero-order valence-electron chi connectivity index (χ0n) is 20.4. The Balaban J connectivity index is 1.44. The fraction of sp³-hybridized carbons (Fsp3) is 0.522. The first kappa shape index (κ1) is 25.2. The van der Waals surface area contributed by atoms with Gasteiger partial charge >= 0.3 is 0 Å². The number of rotatable bonds is 10. The van der Waals surface area contributed by atoms with Gasteiger partial charge in [-0.1, -0.05) is 42.4 Å². The largest absolute Gasteiger partial charge is 0.493 e. The number of methoxy groups -OCH3 is 3. The van der Waals surface area contributed by atoms with E-state index in [-0.39, 0.29) is 11.7 Å². The van der Waals surface area contributed by atoms with E-state index in [0.29, 0.717) is 45.8 Å². The number of amides is 1. The summed E-state index contributed by atoms with van der Waals surface area (Å²) in [5.41, 5.74) is 0.772. The minimum Gasteiger partial charge on any atom is -0.493 e. The Bertz CT molecular complexity index is 1130. The maximum Gasteiger partial charge on any atom is 0.236 e. The predicted molar refractivity (Wildman–Crippen MR) is 136 cm³/mol. The maximum absolute atomic E-state index is 12.6. The third-order valence-corrected chi connectivity index (χ3v) is 7.90. The summed E-state index contributed by atoms with van der Waals surface area (Å²) in [6.07, 6.45) is 6.07. The highest BCUT2D eigenvalue weighted by atomic mass is 32.2. The highest BCUT2D eigenvalue weighted by molar-refractivity contribution is 7.99. The van der Waals surface area contributed by atoms with Crippen LogP contribution in [-0.2, 0) is 11.3 Å². The third-order valence-electron chi connectivity index (χ3n) is 5.93. The van der Waals surface area contributed by atoms with E-state index in [0.717, 1.165) is 23.4 Å². The number of ether oxygens (including phenoxy) is 3. The molecule has 0 aliphatic heterocycles. The van der Waals surface area contributed by atoms with Crippen molar-refractivity contribution in [3.63, 3.8) is 0 Å². The van der Waals surface area contributed by atoms with E-state index in [4.69, 9.17) is 14.2 Å². The second-order valence-corrected chi connectivity index (χ2v) is 10.0. The number of hydrogen-bond acceptors (Lipinski definition) is 10. The van der Waals surface area contributed by atoms with E-state index in [2.05, 4.69) is 25.7 Å². The lowest BCUT2D eigenvalue weighted by molar-refractivity contribution is -0.113. The molecule has 10 nitrogen and oxygen atoms in total. The molecule has 0 atom stereocenters. The number of carbonyl (C=O) groups excluding carboxylic acids is 1. The van der Waals surface area contributed by atoms with Gasteiger partial charge in [0, 0.05) is 18.0 Å². The Morgan fingerprint density at radius 1 is 1.06 bits per heavy atom. The molecule has 0 spiro atoms. The number of carbonyl (C=O) groups is 1. The van der Waals surface area contributed by atoms with Crippen LogP contribution in [0.15, 0.2) is 17.3 Å². The van der Waals surface area contributed by atoms with Crippen LogP contribution in [0.5, 0.6) is 17.2 Å². The number of aromatic nitrogens is 5. The van der Waals surface area contributed by atoms with Gasteiger partial charge in [-0.15, -0.1) is 20.4 Å². The number of anilines is 1. The molecule has 1 aliphatic rings. The summed E-state index contributed by atoms with van der Waals surface area (Å²) in [5, 5.41) is 22.3. The van der Waals surface area contributed by atoms with Gasteiger partial charge in [0.05, 0.1) is 27.1 Å². The molecule has 1 aliphatic carbocycles. The van der Waals surface area contributed by atoms with Gasteiger partial charge in [-0.25, -0.2) is 0 Å². The minimum absolute atomic E-state index is 0.152. The highest BCUT2D eigenvalue weighted by Gasteiger charge is 2.22. The van der Waals surface area contributed by atoms with E-state index in [1.165, 1.54) is 42.4 Å². The van der Waals surface area contributed by atoms with Crippen LogP contribution in [-0.4, -0.2) is 58.0 Å². The molecule has 188 valence electrons. The molecule has 35 heavy (non-hydrogen) atoms. The van der Waals surface area contributed by atoms with Crippen molar-refractivity contribution in [2.45, 2.75) is 56.6 Å². The number of nitrogens with one attached hydrogen (secondary N) is 1. The minimum atomic E-state index is -0.152. The number of nitrogens with zero attached hydrogens (tertiary/aromatic N) is 5. The fourth-order valence-electron chi connectivity index (χ4n) is 4.19. The van der Waals surface area contributed by atoms with E-state index in [1.807, 2.05) is 23.6 Å². The van der Waals surface area contributed by atoms with E-state index >= 15 is 0 Å². The molecular weight excluding hydrogens is 488 g/mol. The number of thioether (sulfide) groups is 1. The van der Waals surface area contributed by atoms with Crippen LogP contribution in [0.3, 0.4) is 0 Å². The van der Waals surface area contributed by atoms with Crippen molar-refractivity contribution < 1.29 is 19.0 Å². The summed E-state index contributed by atoms with van der Waals surface area (Å²) in [7, 11) is 4.70. The monoisotopic (exact) mass is 518 g/mol. The molecule has 1 fully saturated rings. The molecule has 2 aromatic heterocycles. The van der Waals surface area contributed by atoms with Crippen LogP contribution >= 0.6 is 23.1 Å². The molecule has 12 heteroatoms. The van der Waals surface area contributed by atoms with Gasteiger partial charge < -0.3 is 18.8 Å². The first-order valence-corrected chi connectivity index (χ1v) is 13.4. The standard InChI is InChI=1S/C23H30N6O4S2/c1-5-29-20(15-11-16(31-2)19(33-4)17(12-15)32-3)25-28-23(29)34-13-18(30)24-22-27-26-21(35-22)14-9-7-6-8-10-14/h11-12,14H,5-10,13H2,1-4H3,(H,24,27,30). The van der Waals surface area contributed by atoms with Crippen molar-refractivity contribution in [2.75, 3.05) is 32.4 Å². The molecule has 1 amide bonds. The third kappa shape index (κ3) is 5.69. The topological polar surface area (TPSA) is 113 Å². The van der Waals surface area contributed by atoms with Gasteiger partial charge in [-0.05, 0) is 31.9 Å². The molecular formula is C23H30N6O4S2. The summed E-state index contributed by atoms with van der Waals surface area (Å²) in [6, 6.07) is 3.66. The Hall–Kier alpha value is -2.86. The van der Waals surface area contributed by atoms with Gasteiger partial charge in [0.2, 0.25) is 16.8 Å². The molecule has 0 radical (unpaired) electrons. The van der Waals surface area contributed by atoms with Crippen LogP contribution < -0.4 is 19.5 Å². The normalized spacial score (nSPS) is 14.1. The highest BCUT2D eigenvalue weighted by Crippen LogP contribution is 2.41. The fourth-order valence-corrected chi connectivity index (χ4v) is 5.92. The molecule has 1 aromatic carbocycles. The average Bonchev–Trinajstić information content (AvgIpc) is 3.53. The summed E-state index contributed by atoms with van der Waals surface area (Å²) in [6.45, 7) is 2.63. The molecule has 0 unspecified atom stereocenters. The lowest BCUT2D eigenvalue weighted by atomic mass is 9.90. The maximum atomic E-state index is 12.6. The lowest BCUT2D eigenvalue weighted by Gasteiger charge is -2.18. The van der Waals surface area contributed by atoms with Crippen molar-refractivity contribution in [3.8, 4) is 28.6 Å². The van der Waals surface area contributed by atoms with Crippen molar-refractivity contribution in [3.05, 3.63) is 17.1 Å². The lowest BCUT2D eigenvalue weighted by Crippen LogP contribution is -2.14. The van der Waals surface area contributed by atoms with Crippen LogP contribution in [0.2, 0.25) is 0 Å². The smallest absolute Gasteiger partial charge is 0.236 e. The summed E-state index contributed by atoms with van der Waals surface area (Å²) >= 11 is 2.80. The summed E-state index contributed by atoms with van der Waals surface area (Å²) < 4.78 is 18.3. The van der Waals surface area contributed by atoms with Crippen molar-refractivity contribution >= 4 is 34.1 Å². The Morgan fingerprint density at radius 2 is 1.77 bits per heavy atom. The molecule has 3 aromatic rings. The van der Waals surface area contributed by atoms with E-state index in [9.17, 15) is 4.79 Å². The number of hydrogen-bond donors (Lipinski definition) is 1. The molecule has 1 N–H and O–H groups in total. The first-order valence-electron chi connectivity index (χ1n) is 11.6. The quantitative estimate of drug-likeness (QED) is 0.384. The van der Waals surface area contributed by atoms with Crippen molar-refractivity contribution in [1.29, 1.82) is 0 Å². The average molecular weight is 519 g/mol. The molecule has 0 bridgehead atoms. The van der Waals surface area contributed by atoms with Gasteiger partial charge in [0.25, 0.3) is 0 Å². The molecule has 2 heterocycles. The number of benzene rings is 1. The van der Waals surface area contributed by atoms with E-state index < -0.39 is 0 Å². The zero-order chi connectivity index (χ0) is 24.8. The Kier molecular flexibility index (Phi) is 8.45. The molecule has 1 saturated carbocycles. The Labute approximate surface area is 212 Å². The summed E-state index contributed by atoms with van der Waals surface area (Å²) in [5.74, 6) is 2.73. The van der Waals surface area contributed by atoms with Gasteiger partial charge in [-0.2, -0.15) is 0 Å². The van der Waals surface area contributed by atoms with E-state index in [1.54, 1.807) is 21.3 Å². The molecule has 0 saturated heterocycles. The van der Waals surface area contributed by atoms with Gasteiger partial charge in [0.1, 0.15) is 5.01 Å². The van der Waals surface area contributed by atoms with Crippen LogP contribution in [0, 0.1) is 0 Å². The van der Waals surface area contributed by atoms with Crippen LogP contribution in [0.25, 0.3) is 11.4 Å². The predicted octanol–water partition coefficient (Wildman–Crippen LogP) is 4.62. The second kappa shape index (κ2) is 11.7. The van der Waals surface area contributed by atoms with Gasteiger partial charge in [-0.3, -0.25) is 10.1 Å². The summed E-state index contributed by atoms with van der Waals surface area (Å²) in [4.78, 5) is 12.6. The zero-order valence-corrected chi connectivity index (χ0v) is 22.0. The van der Waals surface area contributed by atoms with Crippen molar-refractivity contribution in [2.24, 2.45) is 0 Å². The molecule has 4 rings (SSSR count). The van der Waals surface area contributed by atoms with Gasteiger partial charge in [0.15, 0.2) is 22.5 Å². The van der Waals surface area contributed by atoms with Crippen LogP contribution in [0.4, 0.5) is 5.13 Å². The van der Waals surface area contributed by atoms with Crippen molar-refractivity contribution in [1.82, 2.24) is 25.0 Å². The first-order chi connectivity index (χ1) is 17.1. The Morgan fingerprint density at radius 3 is 2.40 bits per heavy atom.